The van der Waals surface area contributed by atoms with Gasteiger partial charge in [-0.3, -0.25) is 19.8 Å². The quantitative estimate of drug-likeness (QED) is 0.557. The Morgan fingerprint density at radius 1 is 1.31 bits per heavy atom. The van der Waals surface area contributed by atoms with Crippen LogP contribution in [0.3, 0.4) is 0 Å². The number of nitro groups is 1. The number of morpholine rings is 1. The van der Waals surface area contributed by atoms with Gasteiger partial charge in [0.1, 0.15) is 5.82 Å². The van der Waals surface area contributed by atoms with Crippen molar-refractivity contribution < 1.29 is 14.5 Å². The van der Waals surface area contributed by atoms with Gasteiger partial charge in [0, 0.05) is 42.9 Å². The molecule has 2 aromatic rings. The Hall–Kier alpha value is -2.52. The lowest BCUT2D eigenvalue weighted by atomic mass is 10.1. The molecule has 2 heterocycles. The number of hydrogen-bond donors (Lipinski definition) is 0. The minimum Gasteiger partial charge on any atom is -0.378 e. The molecule has 0 bridgehead atoms. The highest BCUT2D eigenvalue weighted by Gasteiger charge is 2.25. The van der Waals surface area contributed by atoms with E-state index in [1.807, 2.05) is 4.90 Å². The molecule has 1 saturated heterocycles. The number of benzene rings is 1. The number of ether oxygens (including phenoxy) is 1. The lowest BCUT2D eigenvalue weighted by molar-refractivity contribution is -0.384. The number of anilines is 2. The first-order chi connectivity index (χ1) is 12.5. The number of nitrogens with zero attached hydrogens (tertiary/aromatic N) is 4. The van der Waals surface area contributed by atoms with Crippen LogP contribution in [0, 0.1) is 10.1 Å². The summed E-state index contributed by atoms with van der Waals surface area (Å²) in [6.45, 7) is 2.35. The number of hydrogen-bond acceptors (Lipinski definition) is 6. The van der Waals surface area contributed by atoms with Crippen LogP contribution in [0.4, 0.5) is 17.2 Å². The summed E-state index contributed by atoms with van der Waals surface area (Å²) in [5.74, 6) is 0.0997. The van der Waals surface area contributed by atoms with Crippen LogP contribution in [0.25, 0.3) is 0 Å². The molecule has 1 aromatic heterocycles. The molecule has 3 rings (SSSR count). The molecular weight excluding hydrogens is 404 g/mol. The van der Waals surface area contributed by atoms with Crippen LogP contribution < -0.4 is 9.80 Å². The average Bonchev–Trinajstić information content (AvgIpc) is 2.67. The maximum Gasteiger partial charge on any atom is 0.270 e. The largest absolute Gasteiger partial charge is 0.378 e. The van der Waals surface area contributed by atoms with Crippen LogP contribution in [-0.4, -0.2) is 49.2 Å². The summed E-state index contributed by atoms with van der Waals surface area (Å²) >= 11 is 3.31. The molecule has 1 aromatic carbocycles. The Balaban J connectivity index is 1.99. The number of carbonyl (C=O) groups is 1. The van der Waals surface area contributed by atoms with Crippen molar-refractivity contribution in [3.05, 3.63) is 56.7 Å². The normalized spacial score (nSPS) is 14.2. The third kappa shape index (κ3) is 3.83. The number of aromatic nitrogens is 1. The number of nitro benzene ring substituents is 1. The lowest BCUT2D eigenvalue weighted by Crippen LogP contribution is -2.38. The predicted molar refractivity (Wildman–Crippen MR) is 101 cm³/mol. The van der Waals surface area contributed by atoms with Gasteiger partial charge < -0.3 is 9.64 Å². The van der Waals surface area contributed by atoms with Crippen LogP contribution in [0.15, 0.2) is 41.0 Å². The molecule has 0 aliphatic carbocycles. The van der Waals surface area contributed by atoms with Gasteiger partial charge >= 0.3 is 0 Å². The van der Waals surface area contributed by atoms with E-state index in [4.69, 9.17) is 4.74 Å². The van der Waals surface area contributed by atoms with Crippen molar-refractivity contribution in [1.82, 2.24) is 4.98 Å². The number of rotatable bonds is 4. The Morgan fingerprint density at radius 2 is 2.04 bits per heavy atom. The zero-order valence-electron chi connectivity index (χ0n) is 14.1. The fourth-order valence-corrected chi connectivity index (χ4v) is 2.97. The third-order valence-electron chi connectivity index (χ3n) is 4.13. The maximum atomic E-state index is 13.1. The van der Waals surface area contributed by atoms with Crippen molar-refractivity contribution in [3.8, 4) is 0 Å². The maximum absolute atomic E-state index is 13.1. The minimum absolute atomic E-state index is 0.123. The summed E-state index contributed by atoms with van der Waals surface area (Å²) in [5.41, 5.74) is 0.809. The molecular formula is C17H17BrN4O4. The smallest absolute Gasteiger partial charge is 0.270 e. The zero-order chi connectivity index (χ0) is 18.7. The van der Waals surface area contributed by atoms with Gasteiger partial charge in [-0.1, -0.05) is 0 Å². The molecule has 0 N–H and O–H groups in total. The second kappa shape index (κ2) is 7.79. The van der Waals surface area contributed by atoms with Crippen molar-refractivity contribution >= 4 is 39.0 Å². The molecule has 26 heavy (non-hydrogen) atoms. The summed E-state index contributed by atoms with van der Waals surface area (Å²) in [5, 5.41) is 11.2. The molecule has 0 spiro atoms. The highest BCUT2D eigenvalue weighted by molar-refractivity contribution is 9.10. The Bertz CT molecular complexity index is 822. The Kier molecular flexibility index (Phi) is 5.48. The second-order valence-electron chi connectivity index (χ2n) is 5.76. The monoisotopic (exact) mass is 420 g/mol. The standard InChI is InChI=1S/C17H17BrN4O4/c1-20(16-5-2-12(18)11-19-16)17(23)14-10-13(22(24)25)3-4-15(14)21-6-8-26-9-7-21/h2-5,10-11H,6-9H2,1H3. The molecule has 0 radical (unpaired) electrons. The molecule has 136 valence electrons. The van der Waals surface area contributed by atoms with Gasteiger partial charge in [0.2, 0.25) is 0 Å². The van der Waals surface area contributed by atoms with E-state index in [9.17, 15) is 14.9 Å². The third-order valence-corrected chi connectivity index (χ3v) is 4.60. The number of carbonyl (C=O) groups excluding carboxylic acids is 1. The summed E-state index contributed by atoms with van der Waals surface area (Å²) in [6.07, 6.45) is 1.59. The molecule has 1 aliphatic rings. The molecule has 0 unspecified atom stereocenters. The molecule has 1 aliphatic heterocycles. The Labute approximate surface area is 158 Å². The number of non-ortho nitro benzene ring substituents is 1. The number of amides is 1. The predicted octanol–water partition coefficient (Wildman–Crippen LogP) is 2.87. The van der Waals surface area contributed by atoms with E-state index in [2.05, 4.69) is 20.9 Å². The van der Waals surface area contributed by atoms with E-state index in [0.717, 1.165) is 4.47 Å². The van der Waals surface area contributed by atoms with Crippen LogP contribution in [0.5, 0.6) is 0 Å². The van der Waals surface area contributed by atoms with Crippen molar-refractivity contribution in [1.29, 1.82) is 0 Å². The van der Waals surface area contributed by atoms with Gasteiger partial charge in [-0.2, -0.15) is 0 Å². The molecule has 0 atom stereocenters. The van der Waals surface area contributed by atoms with Gasteiger partial charge in [-0.15, -0.1) is 0 Å². The Morgan fingerprint density at radius 3 is 2.65 bits per heavy atom. The average molecular weight is 421 g/mol. The first-order valence-electron chi connectivity index (χ1n) is 7.98. The summed E-state index contributed by atoms with van der Waals surface area (Å²) in [7, 11) is 1.60. The van der Waals surface area contributed by atoms with Crippen molar-refractivity contribution in [2.75, 3.05) is 43.2 Å². The van der Waals surface area contributed by atoms with Crippen LogP contribution in [-0.2, 0) is 4.74 Å². The number of halogens is 1. The van der Waals surface area contributed by atoms with E-state index in [1.165, 1.54) is 17.0 Å². The van der Waals surface area contributed by atoms with Gasteiger partial charge in [-0.05, 0) is 34.1 Å². The molecule has 8 nitrogen and oxygen atoms in total. The zero-order valence-corrected chi connectivity index (χ0v) is 15.7. The van der Waals surface area contributed by atoms with Gasteiger partial charge in [0.15, 0.2) is 0 Å². The van der Waals surface area contributed by atoms with Crippen molar-refractivity contribution in [2.45, 2.75) is 0 Å². The van der Waals surface area contributed by atoms with Gasteiger partial charge in [0.25, 0.3) is 11.6 Å². The summed E-state index contributed by atoms with van der Waals surface area (Å²) < 4.78 is 6.15. The second-order valence-corrected chi connectivity index (χ2v) is 6.67. The molecule has 1 fully saturated rings. The highest BCUT2D eigenvalue weighted by Crippen LogP contribution is 2.28. The van der Waals surface area contributed by atoms with Crippen LogP contribution in [0.2, 0.25) is 0 Å². The number of pyridine rings is 1. The van der Waals surface area contributed by atoms with E-state index >= 15 is 0 Å². The van der Waals surface area contributed by atoms with Crippen molar-refractivity contribution in [2.24, 2.45) is 0 Å². The SMILES string of the molecule is CN(C(=O)c1cc([N+](=O)[O-])ccc1N1CCOCC1)c1ccc(Br)cn1. The van der Waals surface area contributed by atoms with Crippen LogP contribution >= 0.6 is 15.9 Å². The highest BCUT2D eigenvalue weighted by atomic mass is 79.9. The molecule has 9 heteroatoms. The van der Waals surface area contributed by atoms with Gasteiger partial charge in [0.05, 0.1) is 29.4 Å². The summed E-state index contributed by atoms with van der Waals surface area (Å²) in [6, 6.07) is 7.84. The first-order valence-corrected chi connectivity index (χ1v) is 8.77. The fourth-order valence-electron chi connectivity index (χ4n) is 2.74. The van der Waals surface area contributed by atoms with E-state index in [1.54, 1.807) is 31.4 Å². The molecule has 0 saturated carbocycles. The van der Waals surface area contributed by atoms with Crippen LogP contribution in [0.1, 0.15) is 10.4 Å². The summed E-state index contributed by atoms with van der Waals surface area (Å²) in [4.78, 5) is 31.3. The van der Waals surface area contributed by atoms with Crippen molar-refractivity contribution in [3.63, 3.8) is 0 Å². The first kappa shape index (κ1) is 18.3. The van der Waals surface area contributed by atoms with E-state index in [0.29, 0.717) is 37.8 Å². The topological polar surface area (TPSA) is 88.8 Å². The fraction of sp³-hybridized carbons (Fsp3) is 0.294. The minimum atomic E-state index is -0.502. The van der Waals surface area contributed by atoms with Gasteiger partial charge in [-0.25, -0.2) is 4.98 Å². The lowest BCUT2D eigenvalue weighted by Gasteiger charge is -2.31. The van der Waals surface area contributed by atoms with E-state index < -0.39 is 4.92 Å². The van der Waals surface area contributed by atoms with E-state index in [-0.39, 0.29) is 17.2 Å². The molecule has 1 amide bonds.